The summed E-state index contributed by atoms with van der Waals surface area (Å²) in [4.78, 5) is 0. The lowest BCUT2D eigenvalue weighted by Crippen LogP contribution is -1.80. The van der Waals surface area contributed by atoms with E-state index in [0.717, 1.165) is 0 Å². The van der Waals surface area contributed by atoms with E-state index in [1.165, 1.54) is 11.1 Å². The van der Waals surface area contributed by atoms with Crippen LogP contribution in [0, 0.1) is 0 Å². The first-order valence-corrected chi connectivity index (χ1v) is 4.07. The van der Waals surface area contributed by atoms with Crippen molar-refractivity contribution in [2.24, 2.45) is 0 Å². The predicted octanol–water partition coefficient (Wildman–Crippen LogP) is 2.63. The molecule has 0 heterocycles. The van der Waals surface area contributed by atoms with E-state index in [1.54, 1.807) is 0 Å². The highest BCUT2D eigenvalue weighted by atomic mass is 31.0. The number of benzene rings is 1. The lowest BCUT2D eigenvalue weighted by atomic mass is 10.1. The van der Waals surface area contributed by atoms with Crippen LogP contribution in [0.2, 0.25) is 0 Å². The summed E-state index contributed by atoms with van der Waals surface area (Å²) < 4.78 is 0. The highest BCUT2D eigenvalue weighted by Gasteiger charge is 2.10. The molecule has 0 N–H and O–H groups in total. The van der Waals surface area contributed by atoms with Crippen LogP contribution in [0.3, 0.4) is 0 Å². The van der Waals surface area contributed by atoms with Crippen molar-refractivity contribution in [1.82, 2.24) is 0 Å². The average Bonchev–Trinajstić information content (AvgIpc) is 2.34. The molecule has 1 aromatic rings. The van der Waals surface area contributed by atoms with Gasteiger partial charge in [0.05, 0.1) is 0 Å². The van der Waals surface area contributed by atoms with Crippen LogP contribution in [-0.4, -0.2) is 0 Å². The quantitative estimate of drug-likeness (QED) is 0.496. The van der Waals surface area contributed by atoms with Gasteiger partial charge < -0.3 is 0 Å². The van der Waals surface area contributed by atoms with Gasteiger partial charge in [-0.25, -0.2) is 0 Å². The fourth-order valence-electron chi connectivity index (χ4n) is 1.28. The summed E-state index contributed by atoms with van der Waals surface area (Å²) >= 11 is 0. The summed E-state index contributed by atoms with van der Waals surface area (Å²) in [5.41, 5.74) is 3.33. The van der Waals surface area contributed by atoms with Gasteiger partial charge in [-0.2, -0.15) is 0 Å². The van der Waals surface area contributed by atoms with Gasteiger partial charge in [0.2, 0.25) is 0 Å². The Labute approximate surface area is 63.2 Å². The second kappa shape index (κ2) is 2.21. The van der Waals surface area contributed by atoms with Gasteiger partial charge in [-0.05, 0) is 11.1 Å². The minimum Gasteiger partial charge on any atom is -0.126 e. The van der Waals surface area contributed by atoms with Gasteiger partial charge in [0.25, 0.3) is 0 Å². The predicted molar refractivity (Wildman–Crippen MR) is 47.9 cm³/mol. The summed E-state index contributed by atoms with van der Waals surface area (Å²) in [5.74, 6) is 0. The van der Waals surface area contributed by atoms with Gasteiger partial charge in [0.1, 0.15) is 0 Å². The van der Waals surface area contributed by atoms with Gasteiger partial charge in [-0.3, -0.25) is 0 Å². The van der Waals surface area contributed by atoms with Gasteiger partial charge in [0, 0.05) is 5.66 Å². The molecule has 0 spiro atoms. The Balaban J connectivity index is 2.59. The molecule has 0 amide bonds. The molecule has 0 aliphatic heterocycles. The molecular weight excluding hydrogens is 139 g/mol. The molecule has 0 fully saturated rings. The largest absolute Gasteiger partial charge is 0.126 e. The van der Waals surface area contributed by atoms with Gasteiger partial charge in [-0.15, -0.1) is 9.24 Å². The molecule has 2 rings (SSSR count). The molecule has 0 saturated heterocycles. The summed E-state index contributed by atoms with van der Waals surface area (Å²) in [5, 5.41) is 0. The fourth-order valence-corrected chi connectivity index (χ4v) is 1.69. The van der Waals surface area contributed by atoms with Crippen LogP contribution in [0.15, 0.2) is 30.3 Å². The van der Waals surface area contributed by atoms with Crippen molar-refractivity contribution in [2.45, 2.75) is 5.66 Å². The maximum Gasteiger partial charge on any atom is 0.0172 e. The van der Waals surface area contributed by atoms with Crippen LogP contribution < -0.4 is 0 Å². The van der Waals surface area contributed by atoms with Crippen molar-refractivity contribution in [3.63, 3.8) is 0 Å². The molecule has 0 saturated carbocycles. The number of hydrogen-bond acceptors (Lipinski definition) is 0. The zero-order chi connectivity index (χ0) is 6.97. The molecule has 0 nitrogen and oxygen atoms in total. The zero-order valence-electron chi connectivity index (χ0n) is 5.62. The van der Waals surface area contributed by atoms with Crippen molar-refractivity contribution >= 4 is 15.3 Å². The summed E-state index contributed by atoms with van der Waals surface area (Å²) in [6.45, 7) is 0. The number of hydrogen-bond donors (Lipinski definition) is 0. The molecule has 2 unspecified atom stereocenters. The van der Waals surface area contributed by atoms with Gasteiger partial charge in [-0.1, -0.05) is 36.4 Å². The third-order valence-electron chi connectivity index (χ3n) is 1.84. The first-order valence-electron chi connectivity index (χ1n) is 3.40. The van der Waals surface area contributed by atoms with Crippen molar-refractivity contribution in [3.8, 4) is 0 Å². The zero-order valence-corrected chi connectivity index (χ0v) is 6.77. The lowest BCUT2D eigenvalue weighted by Gasteiger charge is -2.01. The molecule has 1 aliphatic rings. The first-order chi connectivity index (χ1) is 4.88. The summed E-state index contributed by atoms with van der Waals surface area (Å²) in [7, 11) is 2.81. The van der Waals surface area contributed by atoms with E-state index in [4.69, 9.17) is 0 Å². The molecule has 1 heteroatoms. The molecule has 10 heavy (non-hydrogen) atoms. The molecule has 50 valence electrons. The van der Waals surface area contributed by atoms with E-state index >= 15 is 0 Å². The Morgan fingerprint density at radius 2 is 2.00 bits per heavy atom. The van der Waals surface area contributed by atoms with Crippen molar-refractivity contribution in [3.05, 3.63) is 41.5 Å². The van der Waals surface area contributed by atoms with E-state index < -0.39 is 0 Å². The Morgan fingerprint density at radius 1 is 1.20 bits per heavy atom. The standard InChI is InChI=1S/C9H9P/c10-9-6-5-7-3-1-2-4-8(7)9/h1-6,9H,10H2. The molecular formula is C9H9P. The topological polar surface area (TPSA) is 0 Å². The second-order valence-corrected chi connectivity index (χ2v) is 3.23. The SMILES string of the molecule is PC1C=Cc2ccccc21. The molecule has 0 radical (unpaired) electrons. The highest BCUT2D eigenvalue weighted by molar-refractivity contribution is 7.17. The van der Waals surface area contributed by atoms with Crippen LogP contribution >= 0.6 is 9.24 Å². The fraction of sp³-hybridized carbons (Fsp3) is 0.111. The monoisotopic (exact) mass is 148 g/mol. The van der Waals surface area contributed by atoms with Crippen LogP contribution in [-0.2, 0) is 0 Å². The Bertz CT molecular complexity index is 276. The van der Waals surface area contributed by atoms with E-state index in [0.29, 0.717) is 5.66 Å². The van der Waals surface area contributed by atoms with Crippen LogP contribution in [0.1, 0.15) is 16.8 Å². The van der Waals surface area contributed by atoms with Crippen LogP contribution in [0.5, 0.6) is 0 Å². The normalized spacial score (nSPS) is 21.1. The molecule has 0 bridgehead atoms. The highest BCUT2D eigenvalue weighted by Crippen LogP contribution is 2.33. The Kier molecular flexibility index (Phi) is 1.35. The molecule has 1 aliphatic carbocycles. The maximum absolute atomic E-state index is 2.81. The molecule has 2 atom stereocenters. The molecule has 1 aromatic carbocycles. The summed E-state index contributed by atoms with van der Waals surface area (Å²) in [6.07, 6.45) is 4.38. The molecule has 0 aromatic heterocycles. The van der Waals surface area contributed by atoms with Crippen LogP contribution in [0.4, 0.5) is 0 Å². The van der Waals surface area contributed by atoms with E-state index in [-0.39, 0.29) is 0 Å². The Hall–Kier alpha value is -0.610. The first kappa shape index (κ1) is 6.12. The van der Waals surface area contributed by atoms with Crippen molar-refractivity contribution in [1.29, 1.82) is 0 Å². The van der Waals surface area contributed by atoms with Gasteiger partial charge >= 0.3 is 0 Å². The number of rotatable bonds is 0. The second-order valence-electron chi connectivity index (χ2n) is 2.51. The van der Waals surface area contributed by atoms with Crippen molar-refractivity contribution in [2.75, 3.05) is 0 Å². The van der Waals surface area contributed by atoms with Crippen LogP contribution in [0.25, 0.3) is 6.08 Å². The van der Waals surface area contributed by atoms with E-state index in [9.17, 15) is 0 Å². The Morgan fingerprint density at radius 3 is 2.80 bits per heavy atom. The minimum absolute atomic E-state index is 0.538. The minimum atomic E-state index is 0.538. The van der Waals surface area contributed by atoms with Crippen molar-refractivity contribution < 1.29 is 0 Å². The maximum atomic E-state index is 2.81. The average molecular weight is 148 g/mol. The summed E-state index contributed by atoms with van der Waals surface area (Å²) in [6, 6.07) is 8.48. The smallest absolute Gasteiger partial charge is 0.0172 e. The number of allylic oxidation sites excluding steroid dienone is 1. The number of fused-ring (bicyclic) bond motifs is 1. The van der Waals surface area contributed by atoms with E-state index in [2.05, 4.69) is 45.7 Å². The lowest BCUT2D eigenvalue weighted by molar-refractivity contribution is 1.27. The van der Waals surface area contributed by atoms with E-state index in [1.807, 2.05) is 0 Å². The third-order valence-corrected chi connectivity index (χ3v) is 2.42. The van der Waals surface area contributed by atoms with Gasteiger partial charge in [0.15, 0.2) is 0 Å². The third kappa shape index (κ3) is 0.803.